The Morgan fingerprint density at radius 3 is 2.71 bits per heavy atom. The molecule has 2 unspecified atom stereocenters. The number of pyridine rings is 1. The van der Waals surface area contributed by atoms with Crippen LogP contribution >= 0.6 is 15.9 Å². The first-order valence-corrected chi connectivity index (χ1v) is 7.81. The lowest BCUT2D eigenvalue weighted by molar-refractivity contribution is 0.0274. The van der Waals surface area contributed by atoms with Crippen LogP contribution < -0.4 is 4.74 Å². The van der Waals surface area contributed by atoms with Crippen molar-refractivity contribution in [2.45, 2.75) is 39.4 Å². The molecule has 0 aromatic carbocycles. The van der Waals surface area contributed by atoms with E-state index in [-0.39, 0.29) is 18.1 Å². The molecule has 0 N–H and O–H groups in total. The summed E-state index contributed by atoms with van der Waals surface area (Å²) in [5.74, 6) is 0.797. The summed E-state index contributed by atoms with van der Waals surface area (Å²) in [5.41, 5.74) is -0.481. The molecule has 1 aliphatic rings. The quantitative estimate of drug-likeness (QED) is 0.761. The Morgan fingerprint density at radius 1 is 1.38 bits per heavy atom. The molecule has 1 saturated heterocycles. The summed E-state index contributed by atoms with van der Waals surface area (Å²) >= 11 is 3.32. The third kappa shape index (κ3) is 4.59. The zero-order chi connectivity index (χ0) is 15.6. The Hall–Kier alpha value is -1.30. The largest absolute Gasteiger partial charge is 0.472 e. The summed E-state index contributed by atoms with van der Waals surface area (Å²) in [5, 5.41) is 0. The van der Waals surface area contributed by atoms with Crippen LogP contribution in [0.25, 0.3) is 0 Å². The Kier molecular flexibility index (Phi) is 4.76. The molecule has 21 heavy (non-hydrogen) atoms. The molecule has 2 heterocycles. The molecule has 1 fully saturated rings. The minimum atomic E-state index is -0.481. The van der Waals surface area contributed by atoms with E-state index in [0.29, 0.717) is 19.0 Å². The first kappa shape index (κ1) is 16.1. The van der Waals surface area contributed by atoms with Crippen molar-refractivity contribution in [3.63, 3.8) is 0 Å². The summed E-state index contributed by atoms with van der Waals surface area (Å²) in [4.78, 5) is 18.0. The third-order valence-electron chi connectivity index (χ3n) is 3.16. The van der Waals surface area contributed by atoms with E-state index >= 15 is 0 Å². The van der Waals surface area contributed by atoms with Crippen molar-refractivity contribution < 1.29 is 14.3 Å². The van der Waals surface area contributed by atoms with Crippen molar-refractivity contribution >= 4 is 22.0 Å². The SMILES string of the molecule is CC1CN(C(=O)OC(C)(C)C)CC1Oc1cccc(Br)n1. The van der Waals surface area contributed by atoms with Crippen LogP contribution in [0.15, 0.2) is 22.8 Å². The second-order valence-corrected chi connectivity index (χ2v) is 7.13. The lowest BCUT2D eigenvalue weighted by Gasteiger charge is -2.24. The number of nitrogens with zero attached hydrogens (tertiary/aromatic N) is 2. The van der Waals surface area contributed by atoms with Crippen molar-refractivity contribution in [3.8, 4) is 5.88 Å². The number of amides is 1. The van der Waals surface area contributed by atoms with E-state index in [9.17, 15) is 4.79 Å². The van der Waals surface area contributed by atoms with Crippen molar-refractivity contribution in [1.29, 1.82) is 0 Å². The van der Waals surface area contributed by atoms with Crippen LogP contribution in [0, 0.1) is 5.92 Å². The average Bonchev–Trinajstić information content (AvgIpc) is 2.69. The van der Waals surface area contributed by atoms with Gasteiger partial charge in [-0.15, -0.1) is 0 Å². The number of halogens is 1. The van der Waals surface area contributed by atoms with Crippen molar-refractivity contribution in [3.05, 3.63) is 22.8 Å². The van der Waals surface area contributed by atoms with E-state index in [4.69, 9.17) is 9.47 Å². The molecule has 1 aromatic rings. The van der Waals surface area contributed by atoms with E-state index in [2.05, 4.69) is 27.8 Å². The van der Waals surface area contributed by atoms with Gasteiger partial charge < -0.3 is 14.4 Å². The smallest absolute Gasteiger partial charge is 0.410 e. The molecule has 2 rings (SSSR count). The van der Waals surface area contributed by atoms with Crippen LogP contribution in [0.2, 0.25) is 0 Å². The maximum atomic E-state index is 12.1. The zero-order valence-corrected chi connectivity index (χ0v) is 14.4. The van der Waals surface area contributed by atoms with E-state index in [0.717, 1.165) is 4.60 Å². The molecular weight excluding hydrogens is 336 g/mol. The first-order chi connectivity index (χ1) is 9.74. The fraction of sp³-hybridized carbons (Fsp3) is 0.600. The van der Waals surface area contributed by atoms with Crippen LogP contribution in [0.1, 0.15) is 27.7 Å². The number of ether oxygens (including phenoxy) is 2. The minimum absolute atomic E-state index is 0.0701. The Balaban J connectivity index is 1.96. The molecule has 2 atom stereocenters. The van der Waals surface area contributed by atoms with Crippen molar-refractivity contribution in [2.24, 2.45) is 5.92 Å². The molecular formula is C15H21BrN2O3. The van der Waals surface area contributed by atoms with E-state index in [1.54, 1.807) is 4.90 Å². The standard InChI is InChI=1S/C15H21BrN2O3/c1-10-8-18(14(19)21-15(2,3)4)9-11(10)20-13-7-5-6-12(16)17-13/h5-7,10-11H,8-9H2,1-4H3. The van der Waals surface area contributed by atoms with Gasteiger partial charge in [0.1, 0.15) is 16.3 Å². The summed E-state index contributed by atoms with van der Waals surface area (Å²) in [6.07, 6.45) is -0.359. The predicted octanol–water partition coefficient (Wildman–Crippen LogP) is 3.48. The number of carbonyl (C=O) groups is 1. The molecule has 1 aromatic heterocycles. The molecule has 6 heteroatoms. The summed E-state index contributed by atoms with van der Waals surface area (Å²) in [7, 11) is 0. The van der Waals surface area contributed by atoms with Crippen LogP contribution in [0.5, 0.6) is 5.88 Å². The van der Waals surface area contributed by atoms with Crippen LogP contribution in [-0.4, -0.2) is 40.8 Å². The average molecular weight is 357 g/mol. The predicted molar refractivity (Wildman–Crippen MR) is 83.3 cm³/mol. The number of rotatable bonds is 2. The number of aromatic nitrogens is 1. The fourth-order valence-electron chi connectivity index (χ4n) is 2.18. The summed E-state index contributed by atoms with van der Waals surface area (Å²) < 4.78 is 12.0. The van der Waals surface area contributed by atoms with Gasteiger partial charge in [0, 0.05) is 18.5 Å². The Bertz CT molecular complexity index is 516. The number of hydrogen-bond donors (Lipinski definition) is 0. The highest BCUT2D eigenvalue weighted by atomic mass is 79.9. The highest BCUT2D eigenvalue weighted by Crippen LogP contribution is 2.24. The fourth-order valence-corrected chi connectivity index (χ4v) is 2.50. The second-order valence-electron chi connectivity index (χ2n) is 6.32. The molecule has 0 aliphatic carbocycles. The molecule has 116 valence electrons. The summed E-state index contributed by atoms with van der Waals surface area (Å²) in [6.45, 7) is 8.81. The van der Waals surface area contributed by atoms with Crippen molar-refractivity contribution in [1.82, 2.24) is 9.88 Å². The Morgan fingerprint density at radius 2 is 2.10 bits per heavy atom. The van der Waals surface area contributed by atoms with Gasteiger partial charge in [0.25, 0.3) is 0 Å². The van der Waals surface area contributed by atoms with Gasteiger partial charge in [-0.2, -0.15) is 0 Å². The van der Waals surface area contributed by atoms with E-state index in [1.807, 2.05) is 39.0 Å². The van der Waals surface area contributed by atoms with Gasteiger partial charge in [0.15, 0.2) is 0 Å². The monoisotopic (exact) mass is 356 g/mol. The van der Waals surface area contributed by atoms with Gasteiger partial charge >= 0.3 is 6.09 Å². The lowest BCUT2D eigenvalue weighted by Crippen LogP contribution is -2.36. The van der Waals surface area contributed by atoms with Crippen LogP contribution in [-0.2, 0) is 4.74 Å². The normalized spacial score (nSPS) is 22.2. The van der Waals surface area contributed by atoms with E-state index < -0.39 is 5.60 Å². The van der Waals surface area contributed by atoms with Gasteiger partial charge in [0.05, 0.1) is 6.54 Å². The highest BCUT2D eigenvalue weighted by Gasteiger charge is 2.36. The maximum Gasteiger partial charge on any atom is 0.410 e. The highest BCUT2D eigenvalue weighted by molar-refractivity contribution is 9.10. The first-order valence-electron chi connectivity index (χ1n) is 7.02. The van der Waals surface area contributed by atoms with Gasteiger partial charge in [-0.05, 0) is 42.8 Å². The van der Waals surface area contributed by atoms with Gasteiger partial charge in [-0.1, -0.05) is 13.0 Å². The second kappa shape index (κ2) is 6.22. The molecule has 1 amide bonds. The molecule has 0 bridgehead atoms. The number of likely N-dealkylation sites (tertiary alicyclic amines) is 1. The molecule has 5 nitrogen and oxygen atoms in total. The van der Waals surface area contributed by atoms with Crippen molar-refractivity contribution in [2.75, 3.05) is 13.1 Å². The Labute approximate surface area is 133 Å². The topological polar surface area (TPSA) is 51.7 Å². The van der Waals surface area contributed by atoms with Gasteiger partial charge in [-0.3, -0.25) is 0 Å². The molecule has 0 spiro atoms. The number of hydrogen-bond acceptors (Lipinski definition) is 4. The molecule has 1 aliphatic heterocycles. The maximum absolute atomic E-state index is 12.1. The number of carbonyl (C=O) groups excluding carboxylic acids is 1. The van der Waals surface area contributed by atoms with Gasteiger partial charge in [-0.25, -0.2) is 9.78 Å². The third-order valence-corrected chi connectivity index (χ3v) is 3.60. The van der Waals surface area contributed by atoms with Crippen LogP contribution in [0.4, 0.5) is 4.79 Å². The molecule has 0 radical (unpaired) electrons. The van der Waals surface area contributed by atoms with E-state index in [1.165, 1.54) is 0 Å². The summed E-state index contributed by atoms with van der Waals surface area (Å²) in [6, 6.07) is 5.53. The lowest BCUT2D eigenvalue weighted by atomic mass is 10.1. The van der Waals surface area contributed by atoms with Gasteiger partial charge in [0.2, 0.25) is 5.88 Å². The molecule has 0 saturated carbocycles. The minimum Gasteiger partial charge on any atom is -0.472 e. The van der Waals surface area contributed by atoms with Crippen LogP contribution in [0.3, 0.4) is 0 Å². The zero-order valence-electron chi connectivity index (χ0n) is 12.8.